The van der Waals surface area contributed by atoms with E-state index in [1.807, 2.05) is 31.2 Å². The van der Waals surface area contributed by atoms with Crippen LogP contribution in [0.1, 0.15) is 34.1 Å². The maximum Gasteiger partial charge on any atom is 0.126 e. The van der Waals surface area contributed by atoms with Crippen LogP contribution in [0.5, 0.6) is 11.5 Å². The molecule has 0 aromatic heterocycles. The summed E-state index contributed by atoms with van der Waals surface area (Å²) in [5.74, 6) is 1.20. The molecule has 1 aliphatic heterocycles. The average Bonchev–Trinajstić information content (AvgIpc) is 2.64. The summed E-state index contributed by atoms with van der Waals surface area (Å²) in [7, 11) is 0. The topological polar surface area (TPSA) is 55.5 Å². The Morgan fingerprint density at radius 1 is 1.00 bits per heavy atom. The Bertz CT molecular complexity index is 953. The number of hydrogen-bond acceptors (Lipinski definition) is 3. The van der Waals surface area contributed by atoms with E-state index in [-0.39, 0.29) is 17.6 Å². The maximum absolute atomic E-state index is 9.82. The van der Waals surface area contributed by atoms with E-state index in [2.05, 4.69) is 24.3 Å². The third-order valence-electron chi connectivity index (χ3n) is 5.06. The van der Waals surface area contributed by atoms with Crippen LogP contribution in [-0.4, -0.2) is 11.7 Å². The van der Waals surface area contributed by atoms with Gasteiger partial charge in [-0.3, -0.25) is 0 Å². The van der Waals surface area contributed by atoms with Gasteiger partial charge in [0.25, 0.3) is 0 Å². The van der Waals surface area contributed by atoms with Gasteiger partial charge in [0.05, 0.1) is 6.61 Å². The summed E-state index contributed by atoms with van der Waals surface area (Å²) in [6, 6.07) is 19.5. The van der Waals surface area contributed by atoms with Crippen molar-refractivity contribution < 1.29 is 9.84 Å². The molecule has 2 unspecified atom stereocenters. The summed E-state index contributed by atoms with van der Waals surface area (Å²) >= 11 is 6.22. The zero-order chi connectivity index (χ0) is 18.3. The van der Waals surface area contributed by atoms with Crippen LogP contribution in [0.2, 0.25) is 5.02 Å². The Hall–Kier alpha value is -2.65. The molecule has 3 aromatic rings. The zero-order valence-corrected chi connectivity index (χ0v) is 15.2. The third-order valence-corrected chi connectivity index (χ3v) is 5.48. The molecule has 2 atom stereocenters. The molecule has 1 heterocycles. The molecule has 3 N–H and O–H groups in total. The molecule has 0 radical (unpaired) electrons. The molecule has 0 aliphatic carbocycles. The smallest absolute Gasteiger partial charge is 0.126 e. The van der Waals surface area contributed by atoms with Gasteiger partial charge in [0.2, 0.25) is 0 Å². The number of nitrogen functional groups attached to an aromatic ring is 1. The lowest BCUT2D eigenvalue weighted by atomic mass is 9.75. The number of aryl methyl sites for hydroxylation is 1. The molecule has 3 nitrogen and oxygen atoms in total. The lowest BCUT2D eigenvalue weighted by Gasteiger charge is -2.34. The summed E-state index contributed by atoms with van der Waals surface area (Å²) in [4.78, 5) is 0. The van der Waals surface area contributed by atoms with E-state index >= 15 is 0 Å². The van der Waals surface area contributed by atoms with Gasteiger partial charge in [-0.05, 0) is 47.9 Å². The quantitative estimate of drug-likeness (QED) is 0.610. The number of halogens is 1. The van der Waals surface area contributed by atoms with Crippen molar-refractivity contribution in [2.45, 2.75) is 18.8 Å². The second-order valence-corrected chi connectivity index (χ2v) is 7.20. The standard InChI is InChI=1S/C22H20ClNO2/c1-13-10-15(4-9-20(13)23)19-12-26-21-11-17(25)7-8-18(21)22(19)14-2-5-16(24)6-3-14/h2-11,19,22,25H,12,24H2,1H3. The van der Waals surface area contributed by atoms with Crippen molar-refractivity contribution in [2.24, 2.45) is 0 Å². The Morgan fingerprint density at radius 2 is 1.73 bits per heavy atom. The minimum Gasteiger partial charge on any atom is -0.508 e. The molecule has 4 rings (SSSR count). The van der Waals surface area contributed by atoms with Crippen molar-refractivity contribution in [1.29, 1.82) is 0 Å². The number of nitrogens with two attached hydrogens (primary N) is 1. The summed E-state index contributed by atoms with van der Waals surface area (Å²) < 4.78 is 6.00. The normalized spacial score (nSPS) is 18.8. The Labute approximate surface area is 158 Å². The van der Waals surface area contributed by atoms with Crippen LogP contribution in [0.25, 0.3) is 0 Å². The maximum atomic E-state index is 9.82. The van der Waals surface area contributed by atoms with Crippen molar-refractivity contribution in [3.63, 3.8) is 0 Å². The molecular formula is C22H20ClNO2. The predicted molar refractivity (Wildman–Crippen MR) is 105 cm³/mol. The molecule has 0 spiro atoms. The monoisotopic (exact) mass is 365 g/mol. The molecule has 4 heteroatoms. The number of benzene rings is 3. The molecule has 3 aromatic carbocycles. The Morgan fingerprint density at radius 3 is 2.46 bits per heavy atom. The first-order valence-corrected chi connectivity index (χ1v) is 8.98. The van der Waals surface area contributed by atoms with E-state index in [0.29, 0.717) is 6.61 Å². The zero-order valence-electron chi connectivity index (χ0n) is 14.4. The molecule has 0 amide bonds. The largest absolute Gasteiger partial charge is 0.508 e. The lowest BCUT2D eigenvalue weighted by Crippen LogP contribution is -2.25. The Balaban J connectivity index is 1.86. The van der Waals surface area contributed by atoms with Gasteiger partial charge in [0.15, 0.2) is 0 Å². The van der Waals surface area contributed by atoms with Crippen molar-refractivity contribution in [3.05, 3.63) is 87.9 Å². The minimum absolute atomic E-state index is 0.112. The van der Waals surface area contributed by atoms with Crippen LogP contribution in [0.3, 0.4) is 0 Å². The number of fused-ring (bicyclic) bond motifs is 1. The molecule has 132 valence electrons. The average molecular weight is 366 g/mol. The van der Waals surface area contributed by atoms with Crippen LogP contribution < -0.4 is 10.5 Å². The number of phenols is 1. The molecule has 0 bridgehead atoms. The van der Waals surface area contributed by atoms with E-state index < -0.39 is 0 Å². The number of aromatic hydroxyl groups is 1. The summed E-state index contributed by atoms with van der Waals surface area (Å²) in [6.07, 6.45) is 0. The van der Waals surface area contributed by atoms with Gasteiger partial charge in [-0.2, -0.15) is 0 Å². The number of rotatable bonds is 2. The number of phenolic OH excluding ortho intramolecular Hbond substituents is 1. The molecular weight excluding hydrogens is 346 g/mol. The predicted octanol–water partition coefficient (Wildman–Crippen LogP) is 5.24. The number of ether oxygens (including phenoxy) is 1. The highest BCUT2D eigenvalue weighted by Crippen LogP contribution is 2.47. The van der Waals surface area contributed by atoms with E-state index in [1.165, 1.54) is 11.1 Å². The molecule has 1 aliphatic rings. The fraction of sp³-hybridized carbons (Fsp3) is 0.182. The molecule has 26 heavy (non-hydrogen) atoms. The summed E-state index contributed by atoms with van der Waals surface area (Å²) in [6.45, 7) is 2.55. The van der Waals surface area contributed by atoms with Crippen LogP contribution in [0.4, 0.5) is 5.69 Å². The third kappa shape index (κ3) is 2.99. The first-order valence-electron chi connectivity index (χ1n) is 8.60. The van der Waals surface area contributed by atoms with Gasteiger partial charge < -0.3 is 15.6 Å². The number of hydrogen-bond donors (Lipinski definition) is 2. The Kier molecular flexibility index (Phi) is 4.25. The highest BCUT2D eigenvalue weighted by atomic mass is 35.5. The summed E-state index contributed by atoms with van der Waals surface area (Å²) in [5, 5.41) is 10.6. The molecule has 0 saturated heterocycles. The fourth-order valence-corrected chi connectivity index (χ4v) is 3.82. The van der Waals surface area contributed by atoms with Crippen molar-refractivity contribution in [3.8, 4) is 11.5 Å². The van der Waals surface area contributed by atoms with Crippen LogP contribution in [0, 0.1) is 6.92 Å². The van der Waals surface area contributed by atoms with E-state index in [4.69, 9.17) is 22.1 Å². The fourth-order valence-electron chi connectivity index (χ4n) is 3.70. The van der Waals surface area contributed by atoms with Gasteiger partial charge in [0.1, 0.15) is 11.5 Å². The second-order valence-electron chi connectivity index (χ2n) is 6.79. The number of anilines is 1. The minimum atomic E-state index is 0.112. The van der Waals surface area contributed by atoms with Crippen LogP contribution in [-0.2, 0) is 0 Å². The highest BCUT2D eigenvalue weighted by Gasteiger charge is 2.33. The van der Waals surface area contributed by atoms with E-state index in [0.717, 1.165) is 27.6 Å². The van der Waals surface area contributed by atoms with Crippen molar-refractivity contribution in [2.75, 3.05) is 12.3 Å². The molecule has 0 saturated carbocycles. The SMILES string of the molecule is Cc1cc(C2COc3cc(O)ccc3C2c2ccc(N)cc2)ccc1Cl. The van der Waals surface area contributed by atoms with E-state index in [1.54, 1.807) is 12.1 Å². The highest BCUT2D eigenvalue weighted by molar-refractivity contribution is 6.31. The first-order chi connectivity index (χ1) is 12.5. The van der Waals surface area contributed by atoms with Gasteiger partial charge in [-0.1, -0.05) is 41.9 Å². The van der Waals surface area contributed by atoms with Gasteiger partial charge in [-0.15, -0.1) is 0 Å². The van der Waals surface area contributed by atoms with E-state index in [9.17, 15) is 5.11 Å². The summed E-state index contributed by atoms with van der Waals surface area (Å²) in [5.41, 5.74) is 11.1. The van der Waals surface area contributed by atoms with Crippen molar-refractivity contribution in [1.82, 2.24) is 0 Å². The second kappa shape index (κ2) is 6.58. The van der Waals surface area contributed by atoms with Crippen LogP contribution >= 0.6 is 11.6 Å². The van der Waals surface area contributed by atoms with Crippen molar-refractivity contribution >= 4 is 17.3 Å². The molecule has 0 fully saturated rings. The van der Waals surface area contributed by atoms with Gasteiger partial charge >= 0.3 is 0 Å². The van der Waals surface area contributed by atoms with Crippen LogP contribution in [0.15, 0.2) is 60.7 Å². The van der Waals surface area contributed by atoms with Gasteiger partial charge in [-0.25, -0.2) is 0 Å². The first kappa shape index (κ1) is 16.8. The van der Waals surface area contributed by atoms with Gasteiger partial charge in [0, 0.05) is 34.2 Å². The lowest BCUT2D eigenvalue weighted by molar-refractivity contribution is 0.248.